The number of alkyl halides is 3. The van der Waals surface area contributed by atoms with Crippen molar-refractivity contribution in [2.45, 2.75) is 24.7 Å². The van der Waals surface area contributed by atoms with Crippen molar-refractivity contribution in [3.8, 4) is 16.9 Å². The van der Waals surface area contributed by atoms with Gasteiger partial charge in [0.2, 0.25) is 0 Å². The van der Waals surface area contributed by atoms with Crippen LogP contribution in [0, 0.1) is 0 Å². The molecule has 35 heavy (non-hydrogen) atoms. The van der Waals surface area contributed by atoms with E-state index in [0.29, 0.717) is 0 Å². The van der Waals surface area contributed by atoms with E-state index in [2.05, 4.69) is 10.1 Å². The summed E-state index contributed by atoms with van der Waals surface area (Å²) in [6, 6.07) is 17.3. The summed E-state index contributed by atoms with van der Waals surface area (Å²) >= 11 is 5.85. The lowest BCUT2D eigenvalue weighted by molar-refractivity contribution is -0.274. The molecule has 3 aromatic carbocycles. The molecule has 0 heterocycles. The Morgan fingerprint density at radius 3 is 2.17 bits per heavy atom. The zero-order chi connectivity index (χ0) is 25.2. The molecule has 0 aromatic heterocycles. The number of carboxylic acids is 1. The van der Waals surface area contributed by atoms with Gasteiger partial charge in [-0.25, -0.2) is 9.59 Å². The van der Waals surface area contributed by atoms with Crippen molar-refractivity contribution in [1.29, 1.82) is 0 Å². The van der Waals surface area contributed by atoms with Crippen molar-refractivity contribution in [1.82, 2.24) is 5.32 Å². The number of hydrogen-bond acceptors (Lipinski definition) is 4. The zero-order valence-corrected chi connectivity index (χ0v) is 18.8. The van der Waals surface area contributed by atoms with Crippen LogP contribution in [0.1, 0.15) is 22.6 Å². The van der Waals surface area contributed by atoms with Crippen LogP contribution in [-0.4, -0.2) is 36.2 Å². The quantitative estimate of drug-likeness (QED) is 0.425. The molecule has 1 amide bonds. The average Bonchev–Trinajstić information content (AvgIpc) is 3.09. The van der Waals surface area contributed by atoms with E-state index in [1.54, 1.807) is 0 Å². The number of ether oxygens (including phenoxy) is 2. The lowest BCUT2D eigenvalue weighted by atomic mass is 9.98. The number of rotatable bonds is 7. The Bertz CT molecular complexity index is 1220. The molecule has 182 valence electrons. The highest BCUT2D eigenvalue weighted by Crippen LogP contribution is 2.44. The molecular weight excluding hydrogens is 487 g/mol. The number of fused-ring (bicyclic) bond motifs is 3. The molecule has 4 rings (SSSR count). The minimum Gasteiger partial charge on any atom is -0.480 e. The zero-order valence-electron chi connectivity index (χ0n) is 18.0. The number of halogens is 4. The predicted molar refractivity (Wildman–Crippen MR) is 121 cm³/mol. The van der Waals surface area contributed by atoms with E-state index in [0.717, 1.165) is 34.4 Å². The SMILES string of the molecule is O=C(NC(Cc1cc(Cl)cc(OC(F)(F)F)c1)C(=O)O)OCC1c2ccccc2-c2ccccc21. The molecule has 2 N–H and O–H groups in total. The summed E-state index contributed by atoms with van der Waals surface area (Å²) in [5, 5.41) is 11.7. The van der Waals surface area contributed by atoms with Crippen LogP contribution in [0.2, 0.25) is 5.02 Å². The fraction of sp³-hybridized carbons (Fsp3) is 0.200. The molecule has 0 fully saturated rings. The second-order valence-electron chi connectivity index (χ2n) is 7.91. The molecule has 10 heteroatoms. The maximum Gasteiger partial charge on any atom is 0.573 e. The minimum atomic E-state index is -4.94. The fourth-order valence-corrected chi connectivity index (χ4v) is 4.40. The molecule has 0 saturated carbocycles. The van der Waals surface area contributed by atoms with Gasteiger partial charge in [0, 0.05) is 17.4 Å². The fourth-order valence-electron chi connectivity index (χ4n) is 4.15. The molecule has 1 unspecified atom stereocenters. The first-order chi connectivity index (χ1) is 16.6. The van der Waals surface area contributed by atoms with E-state index >= 15 is 0 Å². The van der Waals surface area contributed by atoms with Crippen molar-refractivity contribution in [2.24, 2.45) is 0 Å². The number of aliphatic carboxylic acids is 1. The number of benzene rings is 3. The summed E-state index contributed by atoms with van der Waals surface area (Å²) in [6.07, 6.45) is -6.24. The first-order valence-corrected chi connectivity index (χ1v) is 10.9. The van der Waals surface area contributed by atoms with Crippen LogP contribution in [0.15, 0.2) is 66.7 Å². The van der Waals surface area contributed by atoms with E-state index in [-0.39, 0.29) is 29.5 Å². The Kier molecular flexibility index (Phi) is 6.88. The third-order valence-electron chi connectivity index (χ3n) is 5.54. The van der Waals surface area contributed by atoms with Crippen LogP contribution < -0.4 is 10.1 Å². The molecule has 1 aliphatic carbocycles. The highest BCUT2D eigenvalue weighted by Gasteiger charge is 2.32. The number of carbonyl (C=O) groups excluding carboxylic acids is 1. The van der Waals surface area contributed by atoms with Gasteiger partial charge >= 0.3 is 18.4 Å². The van der Waals surface area contributed by atoms with Gasteiger partial charge in [-0.15, -0.1) is 13.2 Å². The van der Waals surface area contributed by atoms with Crippen LogP contribution >= 0.6 is 11.6 Å². The first-order valence-electron chi connectivity index (χ1n) is 10.5. The topological polar surface area (TPSA) is 84.9 Å². The van der Waals surface area contributed by atoms with E-state index in [1.807, 2.05) is 48.5 Å². The second-order valence-corrected chi connectivity index (χ2v) is 8.34. The largest absolute Gasteiger partial charge is 0.573 e. The number of carbonyl (C=O) groups is 2. The van der Waals surface area contributed by atoms with E-state index in [1.165, 1.54) is 6.07 Å². The van der Waals surface area contributed by atoms with Crippen LogP contribution in [0.3, 0.4) is 0 Å². The third-order valence-corrected chi connectivity index (χ3v) is 5.76. The standard InChI is InChI=1S/C25H19ClF3NO5/c26-15-9-14(10-16(12-15)35-25(27,28)29)11-22(23(31)32)30-24(33)34-13-21-19-7-3-1-5-17(19)18-6-2-4-8-20(18)21/h1-10,12,21-22H,11,13H2,(H,30,33)(H,31,32). The van der Waals surface area contributed by atoms with Gasteiger partial charge in [-0.05, 0) is 46.0 Å². The molecule has 0 bridgehead atoms. The molecule has 1 aliphatic rings. The highest BCUT2D eigenvalue weighted by molar-refractivity contribution is 6.30. The maximum atomic E-state index is 12.5. The van der Waals surface area contributed by atoms with Crippen LogP contribution in [-0.2, 0) is 16.0 Å². The second kappa shape index (κ2) is 9.87. The van der Waals surface area contributed by atoms with Crippen molar-refractivity contribution in [3.63, 3.8) is 0 Å². The van der Waals surface area contributed by atoms with Crippen molar-refractivity contribution in [2.75, 3.05) is 6.61 Å². The monoisotopic (exact) mass is 505 g/mol. The number of carboxylic acid groups (broad SMARTS) is 1. The van der Waals surface area contributed by atoms with Gasteiger partial charge in [0.1, 0.15) is 18.4 Å². The molecule has 0 saturated heterocycles. The van der Waals surface area contributed by atoms with Gasteiger partial charge in [-0.3, -0.25) is 0 Å². The number of hydrogen-bond donors (Lipinski definition) is 2. The van der Waals surface area contributed by atoms with Crippen molar-refractivity contribution >= 4 is 23.7 Å². The van der Waals surface area contributed by atoms with Gasteiger partial charge in [0.15, 0.2) is 0 Å². The Morgan fingerprint density at radius 1 is 1.00 bits per heavy atom. The lowest BCUT2D eigenvalue weighted by Gasteiger charge is -2.18. The Balaban J connectivity index is 1.43. The Labute approximate surface area is 203 Å². The summed E-state index contributed by atoms with van der Waals surface area (Å²) in [6.45, 7) is -0.0209. The minimum absolute atomic E-state index is 0.0209. The summed E-state index contributed by atoms with van der Waals surface area (Å²) in [4.78, 5) is 24.2. The molecule has 0 aliphatic heterocycles. The molecule has 6 nitrogen and oxygen atoms in total. The number of amides is 1. The van der Waals surface area contributed by atoms with Gasteiger partial charge in [-0.2, -0.15) is 0 Å². The Morgan fingerprint density at radius 2 is 1.60 bits per heavy atom. The van der Waals surface area contributed by atoms with E-state index in [9.17, 15) is 27.9 Å². The smallest absolute Gasteiger partial charge is 0.480 e. The maximum absolute atomic E-state index is 12.5. The molecule has 0 spiro atoms. The van der Waals surface area contributed by atoms with Gasteiger partial charge in [-0.1, -0.05) is 60.1 Å². The van der Waals surface area contributed by atoms with Crippen LogP contribution in [0.5, 0.6) is 5.75 Å². The van der Waals surface area contributed by atoms with E-state index < -0.39 is 30.2 Å². The molecular formula is C25H19ClF3NO5. The molecule has 1 atom stereocenters. The van der Waals surface area contributed by atoms with Gasteiger partial charge < -0.3 is 19.9 Å². The lowest BCUT2D eigenvalue weighted by Crippen LogP contribution is -2.42. The number of alkyl carbamates (subject to hydrolysis) is 1. The van der Waals surface area contributed by atoms with E-state index in [4.69, 9.17) is 16.3 Å². The first kappa shape index (κ1) is 24.4. The summed E-state index contributed by atoms with van der Waals surface area (Å²) in [5.41, 5.74) is 4.19. The number of nitrogens with one attached hydrogen (secondary N) is 1. The van der Waals surface area contributed by atoms with Gasteiger partial charge in [0.25, 0.3) is 0 Å². The highest BCUT2D eigenvalue weighted by atomic mass is 35.5. The normalized spacial score (nSPS) is 13.5. The summed E-state index contributed by atoms with van der Waals surface area (Å²) in [7, 11) is 0. The summed E-state index contributed by atoms with van der Waals surface area (Å²) in [5.74, 6) is -2.20. The van der Waals surface area contributed by atoms with Crippen molar-refractivity contribution < 1.29 is 37.3 Å². The molecule has 3 aromatic rings. The van der Waals surface area contributed by atoms with Gasteiger partial charge in [0.05, 0.1) is 0 Å². The predicted octanol–water partition coefficient (Wildman–Crippen LogP) is 5.77. The van der Waals surface area contributed by atoms with Crippen LogP contribution in [0.25, 0.3) is 11.1 Å². The average molecular weight is 506 g/mol. The third kappa shape index (κ3) is 5.86. The molecule has 0 radical (unpaired) electrons. The van der Waals surface area contributed by atoms with Crippen LogP contribution in [0.4, 0.5) is 18.0 Å². The summed E-state index contributed by atoms with van der Waals surface area (Å²) < 4.78 is 46.8. The van der Waals surface area contributed by atoms with Crippen molar-refractivity contribution in [3.05, 3.63) is 88.4 Å². The Hall–Kier alpha value is -3.72.